The number of nitrogens with zero attached hydrogens (tertiary/aromatic N) is 3. The van der Waals surface area contributed by atoms with Gasteiger partial charge < -0.3 is 13.9 Å². The number of rotatable bonds is 7. The number of aromatic nitrogens is 2. The first-order valence-corrected chi connectivity index (χ1v) is 8.17. The number of alkyl halides is 2. The molecule has 0 radical (unpaired) electrons. The Morgan fingerprint density at radius 1 is 1.10 bits per heavy atom. The number of hydrogen-bond acceptors (Lipinski definition) is 8. The van der Waals surface area contributed by atoms with E-state index in [2.05, 4.69) is 14.9 Å². The molecule has 0 bridgehead atoms. The van der Waals surface area contributed by atoms with E-state index < -0.39 is 23.6 Å². The van der Waals surface area contributed by atoms with Gasteiger partial charge in [0, 0.05) is 17.7 Å². The van der Waals surface area contributed by atoms with E-state index in [0.29, 0.717) is 5.56 Å². The standard InChI is InChI=1S/C18H13F2N3O6/c1-10(27-17(24)12-4-8-14(9-5-12)28-18(19)20)15-21-22-16(29-15)11-2-6-13(7-3-11)23(25)26/h2-10,18H,1H3/t10-/m0/s1. The number of ether oxygens (including phenoxy) is 2. The smallest absolute Gasteiger partial charge is 0.387 e. The van der Waals surface area contributed by atoms with Crippen LogP contribution >= 0.6 is 0 Å². The number of non-ortho nitro benzene ring substituents is 1. The molecule has 0 amide bonds. The largest absolute Gasteiger partial charge is 0.449 e. The lowest BCUT2D eigenvalue weighted by Gasteiger charge is -2.10. The number of esters is 1. The van der Waals surface area contributed by atoms with E-state index in [1.807, 2.05) is 0 Å². The first kappa shape index (κ1) is 19.9. The minimum Gasteiger partial charge on any atom is -0.449 e. The van der Waals surface area contributed by atoms with E-state index >= 15 is 0 Å². The minimum atomic E-state index is -2.96. The Bertz CT molecular complexity index is 1010. The molecule has 0 unspecified atom stereocenters. The predicted octanol–water partition coefficient (Wildman–Crippen LogP) is 4.16. The highest BCUT2D eigenvalue weighted by Gasteiger charge is 2.20. The van der Waals surface area contributed by atoms with Crippen molar-refractivity contribution in [1.82, 2.24) is 10.2 Å². The monoisotopic (exact) mass is 405 g/mol. The summed E-state index contributed by atoms with van der Waals surface area (Å²) in [6.45, 7) is -1.45. The SMILES string of the molecule is C[C@H](OC(=O)c1ccc(OC(F)F)cc1)c1nnc(-c2ccc([N+](=O)[O-])cc2)o1. The molecule has 0 saturated heterocycles. The average Bonchev–Trinajstić information content (AvgIpc) is 3.18. The second-order valence-corrected chi connectivity index (χ2v) is 5.70. The third-order valence-electron chi connectivity index (χ3n) is 3.71. The second-order valence-electron chi connectivity index (χ2n) is 5.70. The maximum absolute atomic E-state index is 12.2. The van der Waals surface area contributed by atoms with Crippen LogP contribution in [0.2, 0.25) is 0 Å². The van der Waals surface area contributed by atoms with Gasteiger partial charge in [-0.2, -0.15) is 8.78 Å². The summed E-state index contributed by atoms with van der Waals surface area (Å²) in [5.74, 6) is -0.693. The summed E-state index contributed by atoms with van der Waals surface area (Å²) in [4.78, 5) is 22.3. The van der Waals surface area contributed by atoms with E-state index in [1.54, 1.807) is 0 Å². The molecule has 0 saturated carbocycles. The van der Waals surface area contributed by atoms with Crippen LogP contribution in [0.25, 0.3) is 11.5 Å². The molecule has 9 nitrogen and oxygen atoms in total. The van der Waals surface area contributed by atoms with Crippen LogP contribution < -0.4 is 4.74 Å². The zero-order chi connectivity index (χ0) is 21.0. The van der Waals surface area contributed by atoms with Crippen molar-refractivity contribution in [2.75, 3.05) is 0 Å². The minimum absolute atomic E-state index is 0.0179. The Morgan fingerprint density at radius 3 is 2.34 bits per heavy atom. The van der Waals surface area contributed by atoms with Crippen LogP contribution in [-0.2, 0) is 4.74 Å². The van der Waals surface area contributed by atoms with Gasteiger partial charge >= 0.3 is 12.6 Å². The van der Waals surface area contributed by atoms with Crippen molar-refractivity contribution in [3.8, 4) is 17.2 Å². The number of nitro groups is 1. The van der Waals surface area contributed by atoms with Gasteiger partial charge in [-0.3, -0.25) is 10.1 Å². The van der Waals surface area contributed by atoms with Gasteiger partial charge in [-0.25, -0.2) is 4.79 Å². The highest BCUT2D eigenvalue weighted by atomic mass is 19.3. The number of benzene rings is 2. The van der Waals surface area contributed by atoms with Gasteiger partial charge in [0.2, 0.25) is 5.89 Å². The fourth-order valence-corrected chi connectivity index (χ4v) is 2.29. The first-order valence-electron chi connectivity index (χ1n) is 8.17. The van der Waals surface area contributed by atoms with Gasteiger partial charge in [0.25, 0.3) is 11.6 Å². The van der Waals surface area contributed by atoms with Gasteiger partial charge in [-0.1, -0.05) is 0 Å². The molecule has 1 atom stereocenters. The maximum Gasteiger partial charge on any atom is 0.387 e. The van der Waals surface area contributed by atoms with Gasteiger partial charge in [0.05, 0.1) is 10.5 Å². The van der Waals surface area contributed by atoms with Crippen LogP contribution in [0.15, 0.2) is 52.9 Å². The third-order valence-corrected chi connectivity index (χ3v) is 3.71. The summed E-state index contributed by atoms with van der Waals surface area (Å²) in [7, 11) is 0. The lowest BCUT2D eigenvalue weighted by Crippen LogP contribution is -2.10. The quantitative estimate of drug-likeness (QED) is 0.327. The van der Waals surface area contributed by atoms with Crippen LogP contribution in [-0.4, -0.2) is 27.7 Å². The molecule has 0 spiro atoms. The predicted molar refractivity (Wildman–Crippen MR) is 93.3 cm³/mol. The van der Waals surface area contributed by atoms with Crippen molar-refractivity contribution in [3.63, 3.8) is 0 Å². The van der Waals surface area contributed by atoms with Crippen LogP contribution in [0.4, 0.5) is 14.5 Å². The summed E-state index contributed by atoms with van der Waals surface area (Å²) >= 11 is 0. The van der Waals surface area contributed by atoms with Gasteiger partial charge in [0.15, 0.2) is 6.10 Å². The van der Waals surface area contributed by atoms with Crippen molar-refractivity contribution >= 4 is 11.7 Å². The highest BCUT2D eigenvalue weighted by molar-refractivity contribution is 5.89. The van der Waals surface area contributed by atoms with Gasteiger partial charge in [-0.15, -0.1) is 10.2 Å². The van der Waals surface area contributed by atoms with E-state index in [0.717, 1.165) is 0 Å². The van der Waals surface area contributed by atoms with E-state index in [-0.39, 0.29) is 28.8 Å². The first-order chi connectivity index (χ1) is 13.8. The summed E-state index contributed by atoms with van der Waals surface area (Å²) in [6, 6.07) is 10.5. The summed E-state index contributed by atoms with van der Waals surface area (Å²) < 4.78 is 39.2. The molecule has 0 aliphatic heterocycles. The number of carbonyl (C=O) groups excluding carboxylic acids is 1. The maximum atomic E-state index is 12.2. The van der Waals surface area contributed by atoms with Gasteiger partial charge in [0.1, 0.15) is 5.75 Å². The summed E-state index contributed by atoms with van der Waals surface area (Å²) in [5.41, 5.74) is 0.497. The van der Waals surface area contributed by atoms with Crippen molar-refractivity contribution in [2.24, 2.45) is 0 Å². The molecule has 0 aliphatic rings. The van der Waals surface area contributed by atoms with Crippen LogP contribution in [0.5, 0.6) is 5.75 Å². The fourth-order valence-electron chi connectivity index (χ4n) is 2.29. The zero-order valence-corrected chi connectivity index (χ0v) is 14.8. The van der Waals surface area contributed by atoms with E-state index in [9.17, 15) is 23.7 Å². The highest BCUT2D eigenvalue weighted by Crippen LogP contribution is 2.25. The molecule has 1 heterocycles. The fraction of sp³-hybridized carbons (Fsp3) is 0.167. The zero-order valence-electron chi connectivity index (χ0n) is 14.8. The number of hydrogen-bond donors (Lipinski definition) is 0. The molecule has 0 N–H and O–H groups in total. The molecule has 3 aromatic rings. The Kier molecular flexibility index (Phi) is 5.77. The molecule has 150 valence electrons. The van der Waals surface area contributed by atoms with Crippen LogP contribution in [0.1, 0.15) is 29.3 Å². The topological polar surface area (TPSA) is 118 Å². The summed E-state index contributed by atoms with van der Waals surface area (Å²) in [5, 5.41) is 18.3. The normalized spacial score (nSPS) is 11.9. The summed E-state index contributed by atoms with van der Waals surface area (Å²) in [6.07, 6.45) is -0.890. The van der Waals surface area contributed by atoms with Crippen molar-refractivity contribution in [3.05, 3.63) is 70.1 Å². The lowest BCUT2D eigenvalue weighted by molar-refractivity contribution is -0.384. The molecular formula is C18H13F2N3O6. The van der Waals surface area contributed by atoms with E-state index in [4.69, 9.17) is 9.15 Å². The van der Waals surface area contributed by atoms with Crippen LogP contribution in [0.3, 0.4) is 0 Å². The Labute approximate surface area is 162 Å². The van der Waals surface area contributed by atoms with Crippen molar-refractivity contribution in [1.29, 1.82) is 0 Å². The Hall–Kier alpha value is -3.89. The third kappa shape index (κ3) is 4.89. The molecule has 11 heteroatoms. The number of nitro benzene ring substituents is 1. The molecule has 29 heavy (non-hydrogen) atoms. The lowest BCUT2D eigenvalue weighted by atomic mass is 10.2. The number of halogens is 2. The Morgan fingerprint density at radius 2 is 1.76 bits per heavy atom. The van der Waals surface area contributed by atoms with Crippen molar-refractivity contribution in [2.45, 2.75) is 19.6 Å². The Balaban J connectivity index is 1.65. The molecular weight excluding hydrogens is 392 g/mol. The van der Waals surface area contributed by atoms with E-state index in [1.165, 1.54) is 55.5 Å². The van der Waals surface area contributed by atoms with Gasteiger partial charge in [-0.05, 0) is 43.3 Å². The average molecular weight is 405 g/mol. The molecule has 1 aromatic heterocycles. The molecule has 0 fully saturated rings. The molecule has 2 aromatic carbocycles. The second kappa shape index (κ2) is 8.42. The van der Waals surface area contributed by atoms with Crippen molar-refractivity contribution < 1.29 is 32.4 Å². The molecule has 0 aliphatic carbocycles. The number of carbonyl (C=O) groups is 1. The molecule has 3 rings (SSSR count). The van der Waals surface area contributed by atoms with Crippen LogP contribution in [0, 0.1) is 10.1 Å².